The van der Waals surface area contributed by atoms with E-state index < -0.39 is 11.6 Å². The molecule has 3 nitrogen and oxygen atoms in total. The Balaban J connectivity index is 3.28. The van der Waals surface area contributed by atoms with Gasteiger partial charge in [0.05, 0.1) is 0 Å². The van der Waals surface area contributed by atoms with Crippen molar-refractivity contribution in [3.63, 3.8) is 0 Å². The summed E-state index contributed by atoms with van der Waals surface area (Å²) in [6, 6.07) is 5.54. The molecule has 0 aliphatic heterocycles. The summed E-state index contributed by atoms with van der Waals surface area (Å²) in [4.78, 5) is 12.5. The first-order valence-electron chi connectivity index (χ1n) is 5.12. The van der Waals surface area contributed by atoms with Crippen molar-refractivity contribution in [2.75, 3.05) is 4.90 Å². The minimum atomic E-state index is -1.20. The van der Waals surface area contributed by atoms with Crippen LogP contribution in [0.2, 0.25) is 0 Å². The van der Waals surface area contributed by atoms with Crippen molar-refractivity contribution >= 4 is 43.6 Å². The standard InChI is InChI=1S/C12H15Br2NO2/c1-12(2,3)15(11(16)17)10-5-8(7-13)4-9(14)6-10/h4-6H,7H2,1-3H3,(H,16,17)/p-1. The Morgan fingerprint density at radius 1 is 1.35 bits per heavy atom. The molecule has 0 saturated carbocycles. The highest BCUT2D eigenvalue weighted by Gasteiger charge is 2.23. The summed E-state index contributed by atoms with van der Waals surface area (Å²) in [6.45, 7) is 5.49. The van der Waals surface area contributed by atoms with E-state index in [0.717, 1.165) is 10.0 Å². The quantitative estimate of drug-likeness (QED) is 0.756. The van der Waals surface area contributed by atoms with E-state index in [1.165, 1.54) is 4.90 Å². The Hall–Kier alpha value is -0.550. The summed E-state index contributed by atoms with van der Waals surface area (Å²) in [5.74, 6) is 0. The van der Waals surface area contributed by atoms with Gasteiger partial charge in [0.2, 0.25) is 0 Å². The highest BCUT2D eigenvalue weighted by molar-refractivity contribution is 9.10. The molecule has 1 rings (SSSR count). The largest absolute Gasteiger partial charge is 0.530 e. The molecule has 0 spiro atoms. The van der Waals surface area contributed by atoms with Gasteiger partial charge in [-0.05, 0) is 44.5 Å². The summed E-state index contributed by atoms with van der Waals surface area (Å²) in [7, 11) is 0. The van der Waals surface area contributed by atoms with Crippen molar-refractivity contribution in [2.45, 2.75) is 31.6 Å². The van der Waals surface area contributed by atoms with E-state index in [9.17, 15) is 9.90 Å². The summed E-state index contributed by atoms with van der Waals surface area (Å²) in [5.41, 5.74) is 1.08. The maximum atomic E-state index is 11.2. The average molecular weight is 364 g/mol. The molecule has 0 N–H and O–H groups in total. The van der Waals surface area contributed by atoms with Crippen LogP contribution in [0.4, 0.5) is 10.5 Å². The van der Waals surface area contributed by atoms with Crippen molar-refractivity contribution in [1.82, 2.24) is 0 Å². The van der Waals surface area contributed by atoms with Crippen LogP contribution in [0.3, 0.4) is 0 Å². The molecule has 5 heteroatoms. The Morgan fingerprint density at radius 3 is 2.35 bits per heavy atom. The molecule has 1 aromatic rings. The number of benzene rings is 1. The predicted molar refractivity (Wildman–Crippen MR) is 74.4 cm³/mol. The smallest absolute Gasteiger partial charge is 0.142 e. The lowest BCUT2D eigenvalue weighted by Crippen LogP contribution is -2.52. The van der Waals surface area contributed by atoms with Gasteiger partial charge in [-0.2, -0.15) is 0 Å². The van der Waals surface area contributed by atoms with E-state index in [0.29, 0.717) is 11.0 Å². The van der Waals surface area contributed by atoms with Crippen LogP contribution >= 0.6 is 31.9 Å². The van der Waals surface area contributed by atoms with Crippen LogP contribution in [0.15, 0.2) is 22.7 Å². The van der Waals surface area contributed by atoms with Crippen molar-refractivity contribution in [1.29, 1.82) is 0 Å². The average Bonchev–Trinajstić information content (AvgIpc) is 2.13. The number of rotatable bonds is 2. The molecule has 1 aromatic carbocycles. The second-order valence-corrected chi connectivity index (χ2v) is 6.20. The van der Waals surface area contributed by atoms with E-state index >= 15 is 0 Å². The third kappa shape index (κ3) is 3.71. The number of carbonyl (C=O) groups is 1. The summed E-state index contributed by atoms with van der Waals surface area (Å²) >= 11 is 6.74. The van der Waals surface area contributed by atoms with Crippen molar-refractivity contribution in [2.24, 2.45) is 0 Å². The fourth-order valence-electron chi connectivity index (χ4n) is 1.61. The van der Waals surface area contributed by atoms with Gasteiger partial charge >= 0.3 is 0 Å². The Kier molecular flexibility index (Phi) is 4.61. The molecule has 0 aliphatic carbocycles. The normalized spacial score (nSPS) is 11.4. The predicted octanol–water partition coefficient (Wildman–Crippen LogP) is 3.29. The lowest BCUT2D eigenvalue weighted by molar-refractivity contribution is -0.247. The van der Waals surface area contributed by atoms with Gasteiger partial charge in [-0.1, -0.05) is 31.9 Å². The van der Waals surface area contributed by atoms with Gasteiger partial charge in [0.1, 0.15) is 6.09 Å². The molecule has 0 saturated heterocycles. The number of carboxylic acid groups (broad SMARTS) is 1. The Labute approximate surface area is 118 Å². The summed E-state index contributed by atoms with van der Waals surface area (Å²) in [5, 5.41) is 11.9. The molecule has 0 aromatic heterocycles. The van der Waals surface area contributed by atoms with Gasteiger partial charge in [-0.25, -0.2) is 0 Å². The van der Waals surface area contributed by atoms with Crippen LogP contribution in [-0.4, -0.2) is 11.6 Å². The van der Waals surface area contributed by atoms with E-state index in [4.69, 9.17) is 0 Å². The molecule has 0 unspecified atom stereocenters. The fraction of sp³-hybridized carbons (Fsp3) is 0.417. The Bertz CT molecular complexity index is 427. The molecule has 0 atom stereocenters. The number of amides is 1. The first kappa shape index (κ1) is 14.5. The number of carbonyl (C=O) groups excluding carboxylic acids is 1. The zero-order valence-corrected chi connectivity index (χ0v) is 13.1. The van der Waals surface area contributed by atoms with Crippen molar-refractivity contribution in [3.05, 3.63) is 28.2 Å². The van der Waals surface area contributed by atoms with E-state index in [1.807, 2.05) is 32.9 Å². The van der Waals surface area contributed by atoms with Crippen LogP contribution in [-0.2, 0) is 5.33 Å². The molecule has 0 fully saturated rings. The lowest BCUT2D eigenvalue weighted by atomic mass is 10.0. The SMILES string of the molecule is CC(C)(C)N(C(=O)[O-])c1cc(Br)cc(CBr)c1. The second kappa shape index (κ2) is 5.40. The molecular formula is C12H14Br2NO2-. The minimum absolute atomic E-state index is 0.538. The third-order valence-corrected chi connectivity index (χ3v) is 3.31. The number of alkyl halides is 1. The first-order valence-corrected chi connectivity index (χ1v) is 7.04. The zero-order chi connectivity index (χ0) is 13.2. The topological polar surface area (TPSA) is 43.4 Å². The lowest BCUT2D eigenvalue weighted by Gasteiger charge is -2.38. The zero-order valence-electron chi connectivity index (χ0n) is 9.96. The number of hydrogen-bond acceptors (Lipinski definition) is 2. The molecular weight excluding hydrogens is 350 g/mol. The summed E-state index contributed by atoms with van der Waals surface area (Å²) in [6.07, 6.45) is -1.20. The number of hydrogen-bond donors (Lipinski definition) is 0. The molecule has 17 heavy (non-hydrogen) atoms. The molecule has 0 aliphatic rings. The maximum Gasteiger partial charge on any atom is 0.142 e. The van der Waals surface area contributed by atoms with Gasteiger partial charge in [0.25, 0.3) is 0 Å². The molecule has 0 heterocycles. The van der Waals surface area contributed by atoms with Crippen molar-refractivity contribution < 1.29 is 9.90 Å². The van der Waals surface area contributed by atoms with Gasteiger partial charge in [0, 0.05) is 21.0 Å². The molecule has 1 amide bonds. The van der Waals surface area contributed by atoms with E-state index in [-0.39, 0.29) is 0 Å². The van der Waals surface area contributed by atoms with Crippen LogP contribution in [0.1, 0.15) is 26.3 Å². The second-order valence-electron chi connectivity index (χ2n) is 4.72. The maximum absolute atomic E-state index is 11.2. The highest BCUT2D eigenvalue weighted by atomic mass is 79.9. The van der Waals surface area contributed by atoms with Crippen molar-refractivity contribution in [3.8, 4) is 0 Å². The van der Waals surface area contributed by atoms with Gasteiger partial charge < -0.3 is 14.8 Å². The van der Waals surface area contributed by atoms with Crippen LogP contribution in [0, 0.1) is 0 Å². The molecule has 94 valence electrons. The molecule has 0 bridgehead atoms. The van der Waals surface area contributed by atoms with Gasteiger partial charge in [-0.3, -0.25) is 0 Å². The van der Waals surface area contributed by atoms with Gasteiger partial charge in [0.15, 0.2) is 0 Å². The van der Waals surface area contributed by atoms with Crippen LogP contribution in [0.5, 0.6) is 0 Å². The molecule has 0 radical (unpaired) electrons. The van der Waals surface area contributed by atoms with E-state index in [2.05, 4.69) is 31.9 Å². The van der Waals surface area contributed by atoms with Crippen LogP contribution in [0.25, 0.3) is 0 Å². The highest BCUT2D eigenvalue weighted by Crippen LogP contribution is 2.28. The number of anilines is 1. The number of nitrogens with zero attached hydrogens (tertiary/aromatic N) is 1. The third-order valence-electron chi connectivity index (χ3n) is 2.21. The number of halogens is 2. The minimum Gasteiger partial charge on any atom is -0.530 e. The van der Waals surface area contributed by atoms with Gasteiger partial charge in [-0.15, -0.1) is 0 Å². The van der Waals surface area contributed by atoms with E-state index in [1.54, 1.807) is 6.07 Å². The fourth-order valence-corrected chi connectivity index (χ4v) is 2.46. The van der Waals surface area contributed by atoms with Crippen LogP contribution < -0.4 is 10.0 Å². The summed E-state index contributed by atoms with van der Waals surface area (Å²) < 4.78 is 0.847. The Morgan fingerprint density at radius 2 is 1.94 bits per heavy atom. The monoisotopic (exact) mass is 362 g/mol. The first-order chi connectivity index (χ1) is 7.75.